The van der Waals surface area contributed by atoms with Gasteiger partial charge in [0.15, 0.2) is 0 Å². The second kappa shape index (κ2) is 6.91. The molecule has 1 aromatic heterocycles. The molecule has 122 valence electrons. The van der Waals surface area contributed by atoms with Crippen LogP contribution in [0.5, 0.6) is 0 Å². The molecule has 0 bridgehead atoms. The molecule has 2 heterocycles. The van der Waals surface area contributed by atoms with Crippen LogP contribution in [0.25, 0.3) is 10.9 Å². The molecule has 0 amide bonds. The van der Waals surface area contributed by atoms with Crippen molar-refractivity contribution in [3.63, 3.8) is 0 Å². The Balaban J connectivity index is 1.77. The summed E-state index contributed by atoms with van der Waals surface area (Å²) in [5, 5.41) is 18.7. The molecule has 3 rings (SSSR count). The lowest BCUT2D eigenvalue weighted by molar-refractivity contribution is -0.384. The van der Waals surface area contributed by atoms with Crippen molar-refractivity contribution in [3.05, 3.63) is 40.1 Å². The van der Waals surface area contributed by atoms with E-state index in [1.54, 1.807) is 12.1 Å². The van der Waals surface area contributed by atoms with Crippen LogP contribution >= 0.6 is 0 Å². The fourth-order valence-electron chi connectivity index (χ4n) is 3.19. The maximum absolute atomic E-state index is 11.0. The molecular weight excluding hydrogens is 292 g/mol. The van der Waals surface area contributed by atoms with Crippen LogP contribution < -0.4 is 10.6 Å². The Labute approximate surface area is 135 Å². The molecule has 1 aliphatic rings. The minimum atomic E-state index is -0.364. The molecule has 23 heavy (non-hydrogen) atoms. The number of aromatic nitrogens is 1. The van der Waals surface area contributed by atoms with E-state index in [1.807, 2.05) is 13.0 Å². The Morgan fingerprint density at radius 2 is 2.30 bits per heavy atom. The van der Waals surface area contributed by atoms with E-state index in [0.29, 0.717) is 5.92 Å². The molecular formula is C17H22N4O2. The number of piperidine rings is 1. The van der Waals surface area contributed by atoms with Crippen molar-refractivity contribution < 1.29 is 4.92 Å². The number of nitrogens with one attached hydrogen (secondary N) is 2. The first-order valence-electron chi connectivity index (χ1n) is 8.14. The van der Waals surface area contributed by atoms with E-state index in [4.69, 9.17) is 0 Å². The molecule has 0 spiro atoms. The SMILES string of the molecule is Cc1cc(NCCC2CCCNC2)c2cc([N+](=O)[O-])ccc2n1. The van der Waals surface area contributed by atoms with Crippen LogP contribution in [0.4, 0.5) is 11.4 Å². The Hall–Kier alpha value is -2.21. The van der Waals surface area contributed by atoms with Crippen molar-refractivity contribution in [2.45, 2.75) is 26.2 Å². The zero-order valence-corrected chi connectivity index (χ0v) is 13.3. The number of benzene rings is 1. The van der Waals surface area contributed by atoms with Gasteiger partial charge in [0.2, 0.25) is 0 Å². The average molecular weight is 314 g/mol. The number of fused-ring (bicyclic) bond motifs is 1. The summed E-state index contributed by atoms with van der Waals surface area (Å²) in [6.07, 6.45) is 3.62. The van der Waals surface area contributed by atoms with E-state index in [9.17, 15) is 10.1 Å². The Morgan fingerprint density at radius 3 is 3.04 bits per heavy atom. The van der Waals surface area contributed by atoms with Crippen LogP contribution in [0.2, 0.25) is 0 Å². The van der Waals surface area contributed by atoms with Gasteiger partial charge in [-0.15, -0.1) is 0 Å². The third-order valence-corrected chi connectivity index (χ3v) is 4.40. The van der Waals surface area contributed by atoms with Crippen LogP contribution in [-0.4, -0.2) is 29.5 Å². The van der Waals surface area contributed by atoms with Crippen LogP contribution in [0, 0.1) is 23.0 Å². The van der Waals surface area contributed by atoms with Crippen molar-refractivity contribution in [1.29, 1.82) is 0 Å². The fourth-order valence-corrected chi connectivity index (χ4v) is 3.19. The summed E-state index contributed by atoms with van der Waals surface area (Å²) in [4.78, 5) is 15.1. The van der Waals surface area contributed by atoms with Gasteiger partial charge in [0.1, 0.15) is 0 Å². The van der Waals surface area contributed by atoms with Crippen LogP contribution in [0.3, 0.4) is 0 Å². The normalized spacial score (nSPS) is 18.0. The molecule has 1 aromatic carbocycles. The number of nitro benzene ring substituents is 1. The topological polar surface area (TPSA) is 80.1 Å². The van der Waals surface area contributed by atoms with Crippen molar-refractivity contribution in [2.75, 3.05) is 25.0 Å². The molecule has 0 saturated carbocycles. The van der Waals surface area contributed by atoms with Gasteiger partial charge in [0, 0.05) is 35.4 Å². The third-order valence-electron chi connectivity index (χ3n) is 4.40. The predicted octanol–water partition coefficient (Wildman–Crippen LogP) is 3.25. The maximum Gasteiger partial charge on any atom is 0.270 e. The van der Waals surface area contributed by atoms with Gasteiger partial charge in [-0.2, -0.15) is 0 Å². The molecule has 0 aliphatic carbocycles. The number of nitro groups is 1. The second-order valence-corrected chi connectivity index (χ2v) is 6.20. The zero-order valence-electron chi connectivity index (χ0n) is 13.3. The quantitative estimate of drug-likeness (QED) is 0.654. The number of non-ortho nitro benzene ring substituents is 1. The van der Waals surface area contributed by atoms with E-state index in [-0.39, 0.29) is 10.6 Å². The smallest absolute Gasteiger partial charge is 0.270 e. The van der Waals surface area contributed by atoms with Crippen molar-refractivity contribution in [3.8, 4) is 0 Å². The van der Waals surface area contributed by atoms with Gasteiger partial charge in [0.25, 0.3) is 5.69 Å². The number of aryl methyl sites for hydroxylation is 1. The summed E-state index contributed by atoms with van der Waals surface area (Å²) in [6, 6.07) is 6.79. The van der Waals surface area contributed by atoms with E-state index < -0.39 is 0 Å². The fraction of sp³-hybridized carbons (Fsp3) is 0.471. The highest BCUT2D eigenvalue weighted by molar-refractivity contribution is 5.93. The van der Waals surface area contributed by atoms with Gasteiger partial charge in [-0.1, -0.05) is 0 Å². The molecule has 1 fully saturated rings. The summed E-state index contributed by atoms with van der Waals surface area (Å²) in [5.74, 6) is 0.708. The summed E-state index contributed by atoms with van der Waals surface area (Å²) < 4.78 is 0. The Kier molecular flexibility index (Phi) is 4.71. The first-order valence-corrected chi connectivity index (χ1v) is 8.14. The summed E-state index contributed by atoms with van der Waals surface area (Å²) >= 11 is 0. The van der Waals surface area contributed by atoms with Gasteiger partial charge in [-0.3, -0.25) is 15.1 Å². The maximum atomic E-state index is 11.0. The monoisotopic (exact) mass is 314 g/mol. The standard InChI is InChI=1S/C17H22N4O2/c1-12-9-17(19-8-6-13-3-2-7-18-11-13)15-10-14(21(22)23)4-5-16(15)20-12/h4-5,9-10,13,18H,2-3,6-8,11H2,1H3,(H,19,20). The lowest BCUT2D eigenvalue weighted by atomic mass is 9.96. The number of pyridine rings is 1. The molecule has 0 radical (unpaired) electrons. The second-order valence-electron chi connectivity index (χ2n) is 6.20. The van der Waals surface area contributed by atoms with Crippen LogP contribution in [-0.2, 0) is 0 Å². The van der Waals surface area contributed by atoms with Crippen LogP contribution in [0.15, 0.2) is 24.3 Å². The van der Waals surface area contributed by atoms with Gasteiger partial charge in [-0.25, -0.2) is 0 Å². The number of hydrogen-bond acceptors (Lipinski definition) is 5. The number of anilines is 1. The van der Waals surface area contributed by atoms with Crippen molar-refractivity contribution >= 4 is 22.3 Å². The first-order chi connectivity index (χ1) is 11.1. The third kappa shape index (κ3) is 3.76. The minimum Gasteiger partial charge on any atom is -0.384 e. The highest BCUT2D eigenvalue weighted by atomic mass is 16.6. The molecule has 6 nitrogen and oxygen atoms in total. The predicted molar refractivity (Wildman–Crippen MR) is 91.8 cm³/mol. The average Bonchev–Trinajstić information content (AvgIpc) is 2.55. The lowest BCUT2D eigenvalue weighted by Gasteiger charge is -2.23. The molecule has 2 aromatic rings. The van der Waals surface area contributed by atoms with Gasteiger partial charge < -0.3 is 10.6 Å². The van der Waals surface area contributed by atoms with E-state index in [2.05, 4.69) is 15.6 Å². The van der Waals surface area contributed by atoms with Crippen molar-refractivity contribution in [1.82, 2.24) is 10.3 Å². The van der Waals surface area contributed by atoms with Crippen LogP contribution in [0.1, 0.15) is 25.0 Å². The highest BCUT2D eigenvalue weighted by Gasteiger charge is 2.14. The minimum absolute atomic E-state index is 0.0997. The van der Waals surface area contributed by atoms with E-state index in [1.165, 1.54) is 18.9 Å². The molecule has 2 N–H and O–H groups in total. The molecule has 1 saturated heterocycles. The number of rotatable bonds is 5. The summed E-state index contributed by atoms with van der Waals surface area (Å²) in [6.45, 7) is 5.02. The largest absolute Gasteiger partial charge is 0.384 e. The number of nitrogens with zero attached hydrogens (tertiary/aromatic N) is 2. The molecule has 1 aliphatic heterocycles. The van der Waals surface area contributed by atoms with E-state index >= 15 is 0 Å². The summed E-state index contributed by atoms with van der Waals surface area (Å²) in [5.41, 5.74) is 2.73. The van der Waals surface area contributed by atoms with E-state index in [0.717, 1.165) is 48.3 Å². The van der Waals surface area contributed by atoms with Gasteiger partial charge in [-0.05, 0) is 57.3 Å². The summed E-state index contributed by atoms with van der Waals surface area (Å²) in [7, 11) is 0. The van der Waals surface area contributed by atoms with Crippen molar-refractivity contribution in [2.24, 2.45) is 5.92 Å². The Bertz CT molecular complexity index is 711. The number of hydrogen-bond donors (Lipinski definition) is 2. The lowest BCUT2D eigenvalue weighted by Crippen LogP contribution is -2.30. The Morgan fingerprint density at radius 1 is 1.43 bits per heavy atom. The molecule has 1 unspecified atom stereocenters. The van der Waals surface area contributed by atoms with Gasteiger partial charge in [0.05, 0.1) is 10.4 Å². The molecule has 1 atom stereocenters. The zero-order chi connectivity index (χ0) is 16.2. The van der Waals surface area contributed by atoms with Gasteiger partial charge >= 0.3 is 0 Å². The molecule has 6 heteroatoms. The first kappa shape index (κ1) is 15.7. The highest BCUT2D eigenvalue weighted by Crippen LogP contribution is 2.27.